The van der Waals surface area contributed by atoms with Gasteiger partial charge in [0.1, 0.15) is 3.42 Å². The van der Waals surface area contributed by atoms with Crippen LogP contribution < -0.4 is 0 Å². The van der Waals surface area contributed by atoms with Gasteiger partial charge in [0.15, 0.2) is 0 Å². The molecule has 0 amide bonds. The second-order valence-corrected chi connectivity index (χ2v) is 4.60. The van der Waals surface area contributed by atoms with Gasteiger partial charge < -0.3 is 4.74 Å². The minimum absolute atomic E-state index is 0.0261. The van der Waals surface area contributed by atoms with Crippen molar-refractivity contribution in [3.63, 3.8) is 0 Å². The van der Waals surface area contributed by atoms with Gasteiger partial charge in [0.2, 0.25) is 0 Å². The Morgan fingerprint density at radius 1 is 1.70 bits per heavy atom. The van der Waals surface area contributed by atoms with Crippen molar-refractivity contribution in [2.75, 3.05) is 6.61 Å². The zero-order chi connectivity index (χ0) is 7.61. The summed E-state index contributed by atoms with van der Waals surface area (Å²) in [7, 11) is 0. The third-order valence-electron chi connectivity index (χ3n) is 1.79. The number of halogens is 1. The molecule has 0 aliphatic heterocycles. The van der Waals surface area contributed by atoms with Crippen LogP contribution in [0.5, 0.6) is 0 Å². The van der Waals surface area contributed by atoms with Crippen LogP contribution in [-0.4, -0.2) is 16.0 Å². The van der Waals surface area contributed by atoms with Crippen LogP contribution >= 0.6 is 22.6 Å². The van der Waals surface area contributed by atoms with Gasteiger partial charge in [-0.1, -0.05) is 22.6 Å². The van der Waals surface area contributed by atoms with Crippen LogP contribution in [-0.2, 0) is 9.53 Å². The Hall–Kier alpha value is 0.200. The number of alkyl halides is 1. The summed E-state index contributed by atoms with van der Waals surface area (Å²) in [5, 5.41) is 0. The highest BCUT2D eigenvalue weighted by atomic mass is 127. The Balaban J connectivity index is 2.39. The van der Waals surface area contributed by atoms with Gasteiger partial charge in [-0.3, -0.25) is 4.79 Å². The van der Waals surface area contributed by atoms with Gasteiger partial charge in [-0.05, 0) is 26.2 Å². The van der Waals surface area contributed by atoms with Gasteiger partial charge in [0, 0.05) is 0 Å². The molecule has 0 atom stereocenters. The normalized spacial score (nSPS) is 21.4. The fraction of sp³-hybridized carbons (Fsp3) is 0.857. The first kappa shape index (κ1) is 8.30. The van der Waals surface area contributed by atoms with Crippen molar-refractivity contribution in [2.24, 2.45) is 0 Å². The molecule has 1 aliphatic carbocycles. The van der Waals surface area contributed by atoms with E-state index in [-0.39, 0.29) is 9.39 Å². The summed E-state index contributed by atoms with van der Waals surface area (Å²) in [6.45, 7) is 2.35. The van der Waals surface area contributed by atoms with Crippen LogP contribution in [0, 0.1) is 0 Å². The Labute approximate surface area is 74.5 Å². The van der Waals surface area contributed by atoms with Gasteiger partial charge in [0.25, 0.3) is 0 Å². The zero-order valence-corrected chi connectivity index (χ0v) is 8.18. The van der Waals surface area contributed by atoms with E-state index >= 15 is 0 Å². The average Bonchev–Trinajstić information content (AvgIpc) is 1.83. The lowest BCUT2D eigenvalue weighted by molar-refractivity contribution is -0.147. The maximum atomic E-state index is 11.1. The predicted octanol–water partition coefficient (Wildman–Crippen LogP) is 1.91. The van der Waals surface area contributed by atoms with E-state index < -0.39 is 0 Å². The van der Waals surface area contributed by atoms with E-state index in [2.05, 4.69) is 22.6 Å². The lowest BCUT2D eigenvalue weighted by Crippen LogP contribution is -2.40. The molecule has 0 aromatic rings. The van der Waals surface area contributed by atoms with E-state index in [9.17, 15) is 4.79 Å². The van der Waals surface area contributed by atoms with Crippen molar-refractivity contribution in [2.45, 2.75) is 29.6 Å². The Morgan fingerprint density at radius 3 is 2.60 bits per heavy atom. The number of rotatable bonds is 2. The zero-order valence-electron chi connectivity index (χ0n) is 6.02. The third-order valence-corrected chi connectivity index (χ3v) is 3.31. The summed E-state index contributed by atoms with van der Waals surface area (Å²) < 4.78 is 4.74. The van der Waals surface area contributed by atoms with E-state index in [1.165, 1.54) is 6.42 Å². The molecule has 58 valence electrons. The lowest BCUT2D eigenvalue weighted by Gasteiger charge is -2.33. The summed E-state index contributed by atoms with van der Waals surface area (Å²) in [5.74, 6) is -0.0261. The molecule has 1 saturated carbocycles. The summed E-state index contributed by atoms with van der Waals surface area (Å²) in [5.41, 5.74) is 0. The molecule has 0 radical (unpaired) electrons. The van der Waals surface area contributed by atoms with Crippen LogP contribution in [0.25, 0.3) is 0 Å². The molecule has 0 spiro atoms. The first-order chi connectivity index (χ1) is 4.69. The first-order valence-corrected chi connectivity index (χ1v) is 4.63. The van der Waals surface area contributed by atoms with Crippen molar-refractivity contribution in [3.05, 3.63) is 0 Å². The van der Waals surface area contributed by atoms with Gasteiger partial charge in [-0.15, -0.1) is 0 Å². The molecule has 10 heavy (non-hydrogen) atoms. The van der Waals surface area contributed by atoms with Crippen molar-refractivity contribution < 1.29 is 9.53 Å². The Morgan fingerprint density at radius 2 is 2.30 bits per heavy atom. The van der Waals surface area contributed by atoms with Gasteiger partial charge >= 0.3 is 5.97 Å². The molecule has 0 bridgehead atoms. The number of carbonyl (C=O) groups is 1. The van der Waals surface area contributed by atoms with Crippen molar-refractivity contribution in [3.8, 4) is 0 Å². The minimum Gasteiger partial charge on any atom is -0.465 e. The van der Waals surface area contributed by atoms with E-state index in [1.807, 2.05) is 6.92 Å². The van der Waals surface area contributed by atoms with Crippen LogP contribution in [0.3, 0.4) is 0 Å². The summed E-state index contributed by atoms with van der Waals surface area (Å²) in [6.07, 6.45) is 3.15. The van der Waals surface area contributed by atoms with E-state index in [0.717, 1.165) is 12.8 Å². The topological polar surface area (TPSA) is 26.3 Å². The standard InChI is InChI=1S/C7H11IO2/c1-2-10-6(9)7(8)4-3-5-7/h2-5H2,1H3. The Kier molecular flexibility index (Phi) is 2.55. The monoisotopic (exact) mass is 254 g/mol. The highest BCUT2D eigenvalue weighted by Crippen LogP contribution is 2.41. The molecule has 2 nitrogen and oxygen atoms in total. The number of hydrogen-bond acceptors (Lipinski definition) is 2. The molecule has 1 fully saturated rings. The molecule has 0 aromatic carbocycles. The second kappa shape index (κ2) is 3.07. The molecule has 3 heteroatoms. The molecular formula is C7H11IO2. The predicted molar refractivity (Wildman–Crippen MR) is 47.2 cm³/mol. The van der Waals surface area contributed by atoms with E-state index in [4.69, 9.17) is 4.74 Å². The van der Waals surface area contributed by atoms with Gasteiger partial charge in [0.05, 0.1) is 6.61 Å². The second-order valence-electron chi connectivity index (χ2n) is 2.54. The molecule has 1 aliphatic rings. The van der Waals surface area contributed by atoms with Gasteiger partial charge in [-0.2, -0.15) is 0 Å². The number of ether oxygens (including phenoxy) is 1. The van der Waals surface area contributed by atoms with Crippen LogP contribution in [0.15, 0.2) is 0 Å². The number of hydrogen-bond donors (Lipinski definition) is 0. The van der Waals surface area contributed by atoms with E-state index in [0.29, 0.717) is 6.61 Å². The molecule has 0 heterocycles. The highest BCUT2D eigenvalue weighted by molar-refractivity contribution is 14.1. The van der Waals surface area contributed by atoms with E-state index in [1.54, 1.807) is 0 Å². The van der Waals surface area contributed by atoms with Crippen molar-refractivity contribution in [1.29, 1.82) is 0 Å². The first-order valence-electron chi connectivity index (χ1n) is 3.55. The lowest BCUT2D eigenvalue weighted by atomic mass is 9.85. The molecule has 0 saturated heterocycles. The summed E-state index contributed by atoms with van der Waals surface area (Å²) in [6, 6.07) is 0. The average molecular weight is 254 g/mol. The maximum absolute atomic E-state index is 11.1. The van der Waals surface area contributed by atoms with Crippen LogP contribution in [0.4, 0.5) is 0 Å². The third kappa shape index (κ3) is 1.44. The fourth-order valence-electron chi connectivity index (χ4n) is 0.952. The highest BCUT2D eigenvalue weighted by Gasteiger charge is 2.42. The van der Waals surface area contributed by atoms with Crippen LogP contribution in [0.1, 0.15) is 26.2 Å². The molecular weight excluding hydrogens is 243 g/mol. The minimum atomic E-state index is -0.159. The number of carbonyl (C=O) groups excluding carboxylic acids is 1. The molecule has 0 N–H and O–H groups in total. The number of esters is 1. The van der Waals surface area contributed by atoms with Crippen LogP contribution in [0.2, 0.25) is 0 Å². The molecule has 0 aromatic heterocycles. The quantitative estimate of drug-likeness (QED) is 0.427. The smallest absolute Gasteiger partial charge is 0.322 e. The largest absolute Gasteiger partial charge is 0.465 e. The fourth-order valence-corrected chi connectivity index (χ4v) is 1.87. The SMILES string of the molecule is CCOC(=O)C1(I)CCC1. The van der Waals surface area contributed by atoms with Crippen molar-refractivity contribution >= 4 is 28.6 Å². The van der Waals surface area contributed by atoms with Gasteiger partial charge in [-0.25, -0.2) is 0 Å². The maximum Gasteiger partial charge on any atom is 0.322 e. The molecule has 1 rings (SSSR count). The molecule has 0 unspecified atom stereocenters. The Bertz CT molecular complexity index is 141. The summed E-state index contributed by atoms with van der Waals surface area (Å²) in [4.78, 5) is 11.1. The summed E-state index contributed by atoms with van der Waals surface area (Å²) >= 11 is 2.20. The van der Waals surface area contributed by atoms with Crippen molar-refractivity contribution in [1.82, 2.24) is 0 Å².